The van der Waals surface area contributed by atoms with Gasteiger partial charge in [-0.25, -0.2) is 4.98 Å². The van der Waals surface area contributed by atoms with Gasteiger partial charge in [-0.1, -0.05) is 20.8 Å². The molecule has 1 unspecified atom stereocenters. The van der Waals surface area contributed by atoms with Gasteiger partial charge in [0.15, 0.2) is 0 Å². The number of carbonyl (C=O) groups is 2. The first-order chi connectivity index (χ1) is 11.3. The molecule has 1 aromatic heterocycles. The first kappa shape index (κ1) is 18.9. The zero-order chi connectivity index (χ0) is 17.7. The molecule has 1 aliphatic rings. The van der Waals surface area contributed by atoms with E-state index in [0.29, 0.717) is 12.5 Å². The second-order valence-electron chi connectivity index (χ2n) is 7.24. The number of hydrogen-bond acceptors (Lipinski definition) is 4. The Bertz CT molecular complexity index is 583. The topological polar surface area (TPSA) is 62.3 Å². The molecule has 0 radical (unpaired) electrons. The Hall–Kier alpha value is -1.43. The van der Waals surface area contributed by atoms with Crippen LogP contribution in [0.15, 0.2) is 5.38 Å². The maximum absolute atomic E-state index is 12.7. The Morgan fingerprint density at radius 3 is 2.88 bits per heavy atom. The Morgan fingerprint density at radius 2 is 2.21 bits per heavy atom. The van der Waals surface area contributed by atoms with Crippen LogP contribution < -0.4 is 5.32 Å². The molecule has 1 saturated heterocycles. The number of piperidine rings is 1. The maximum atomic E-state index is 12.7. The number of thiazole rings is 1. The van der Waals surface area contributed by atoms with Crippen LogP contribution in [0.4, 0.5) is 0 Å². The highest BCUT2D eigenvalue weighted by atomic mass is 32.1. The summed E-state index contributed by atoms with van der Waals surface area (Å²) in [5.41, 5.74) is 0.745. The van der Waals surface area contributed by atoms with E-state index in [1.54, 1.807) is 11.3 Å². The molecule has 2 heterocycles. The molecule has 0 spiro atoms. The SMILES string of the molecule is CCC(C)(C)C(=O)N1CCCC(c2nc(CCNC(C)=O)cs2)C1. The van der Waals surface area contributed by atoms with Crippen molar-refractivity contribution in [2.24, 2.45) is 5.41 Å². The number of aromatic nitrogens is 1. The first-order valence-corrected chi connectivity index (χ1v) is 9.69. The van der Waals surface area contributed by atoms with Gasteiger partial charge in [-0.15, -0.1) is 11.3 Å². The van der Waals surface area contributed by atoms with Crippen molar-refractivity contribution in [1.29, 1.82) is 0 Å². The maximum Gasteiger partial charge on any atom is 0.228 e. The third-order valence-corrected chi connectivity index (χ3v) is 5.90. The van der Waals surface area contributed by atoms with Gasteiger partial charge in [0.1, 0.15) is 0 Å². The molecule has 1 aliphatic heterocycles. The molecule has 134 valence electrons. The van der Waals surface area contributed by atoms with E-state index < -0.39 is 0 Å². The Morgan fingerprint density at radius 1 is 1.46 bits per heavy atom. The van der Waals surface area contributed by atoms with Gasteiger partial charge in [0.25, 0.3) is 0 Å². The van der Waals surface area contributed by atoms with E-state index >= 15 is 0 Å². The summed E-state index contributed by atoms with van der Waals surface area (Å²) in [4.78, 5) is 30.4. The molecular formula is C18H29N3O2S. The molecule has 0 saturated carbocycles. The smallest absolute Gasteiger partial charge is 0.228 e. The minimum Gasteiger partial charge on any atom is -0.356 e. The highest BCUT2D eigenvalue weighted by Gasteiger charge is 2.34. The third-order valence-electron chi connectivity index (χ3n) is 4.85. The molecule has 0 aliphatic carbocycles. The second-order valence-corrected chi connectivity index (χ2v) is 8.13. The molecule has 0 bridgehead atoms. The number of nitrogens with one attached hydrogen (secondary N) is 1. The summed E-state index contributed by atoms with van der Waals surface area (Å²) in [5, 5.41) is 6.00. The standard InChI is InChI=1S/C18H29N3O2S/c1-5-18(3,4)17(23)21-10-6-7-14(11-21)16-20-15(12-24-16)8-9-19-13(2)22/h12,14H,5-11H2,1-4H3,(H,19,22). The van der Waals surface area contributed by atoms with E-state index in [1.807, 2.05) is 18.7 Å². The molecule has 1 N–H and O–H groups in total. The van der Waals surface area contributed by atoms with Crippen LogP contribution in [0, 0.1) is 5.41 Å². The number of hydrogen-bond donors (Lipinski definition) is 1. The summed E-state index contributed by atoms with van der Waals surface area (Å²) in [6, 6.07) is 0. The lowest BCUT2D eigenvalue weighted by Crippen LogP contribution is -2.45. The van der Waals surface area contributed by atoms with Crippen molar-refractivity contribution in [3.05, 3.63) is 16.1 Å². The molecule has 24 heavy (non-hydrogen) atoms. The highest BCUT2D eigenvalue weighted by molar-refractivity contribution is 7.09. The Kier molecular flexibility index (Phi) is 6.38. The van der Waals surface area contributed by atoms with Crippen molar-refractivity contribution in [3.63, 3.8) is 0 Å². The molecule has 6 heteroatoms. The molecule has 1 fully saturated rings. The van der Waals surface area contributed by atoms with Crippen LogP contribution in [0.1, 0.15) is 63.6 Å². The van der Waals surface area contributed by atoms with Gasteiger partial charge in [0.2, 0.25) is 11.8 Å². The average Bonchev–Trinajstić information content (AvgIpc) is 3.03. The normalized spacial score (nSPS) is 18.5. The quantitative estimate of drug-likeness (QED) is 0.857. The van der Waals surface area contributed by atoms with Crippen molar-refractivity contribution in [1.82, 2.24) is 15.2 Å². The van der Waals surface area contributed by atoms with Gasteiger partial charge in [-0.05, 0) is 19.3 Å². The van der Waals surface area contributed by atoms with Gasteiger partial charge in [-0.3, -0.25) is 9.59 Å². The predicted octanol–water partition coefficient (Wildman–Crippen LogP) is 2.96. The highest BCUT2D eigenvalue weighted by Crippen LogP contribution is 2.32. The molecule has 1 aromatic rings. The fraction of sp³-hybridized carbons (Fsp3) is 0.722. The number of amides is 2. The summed E-state index contributed by atoms with van der Waals surface area (Å²) in [6.45, 7) is 9.92. The van der Waals surface area contributed by atoms with Crippen LogP contribution in [-0.4, -0.2) is 41.3 Å². The van der Waals surface area contributed by atoms with Crippen LogP contribution in [0.2, 0.25) is 0 Å². The summed E-state index contributed by atoms with van der Waals surface area (Å²) < 4.78 is 0. The van der Waals surface area contributed by atoms with Gasteiger partial charge in [0, 0.05) is 49.7 Å². The molecule has 5 nitrogen and oxygen atoms in total. The number of nitrogens with zero attached hydrogens (tertiary/aromatic N) is 2. The van der Waals surface area contributed by atoms with Crippen LogP contribution in [0.5, 0.6) is 0 Å². The van der Waals surface area contributed by atoms with Crippen LogP contribution >= 0.6 is 11.3 Å². The molecule has 0 aromatic carbocycles. The Labute approximate surface area is 148 Å². The third kappa shape index (κ3) is 4.79. The van der Waals surface area contributed by atoms with E-state index in [0.717, 1.165) is 49.5 Å². The largest absolute Gasteiger partial charge is 0.356 e. The van der Waals surface area contributed by atoms with Crippen molar-refractivity contribution in [3.8, 4) is 0 Å². The lowest BCUT2D eigenvalue weighted by Gasteiger charge is -2.36. The lowest BCUT2D eigenvalue weighted by molar-refractivity contribution is -0.141. The summed E-state index contributed by atoms with van der Waals surface area (Å²) >= 11 is 1.68. The zero-order valence-corrected chi connectivity index (χ0v) is 16.0. The van der Waals surface area contributed by atoms with Gasteiger partial charge in [-0.2, -0.15) is 0 Å². The van der Waals surface area contributed by atoms with E-state index in [-0.39, 0.29) is 17.2 Å². The van der Waals surface area contributed by atoms with Gasteiger partial charge < -0.3 is 10.2 Å². The molecule has 1 atom stereocenters. The molecule has 2 rings (SSSR count). The van der Waals surface area contributed by atoms with E-state index in [4.69, 9.17) is 4.98 Å². The van der Waals surface area contributed by atoms with Crippen LogP contribution in [0.3, 0.4) is 0 Å². The minimum absolute atomic E-state index is 0.00886. The minimum atomic E-state index is -0.283. The molecular weight excluding hydrogens is 322 g/mol. The van der Waals surface area contributed by atoms with E-state index in [2.05, 4.69) is 17.6 Å². The number of likely N-dealkylation sites (tertiary alicyclic amines) is 1. The van der Waals surface area contributed by atoms with Gasteiger partial charge in [0.05, 0.1) is 10.7 Å². The van der Waals surface area contributed by atoms with Crippen LogP contribution in [0.25, 0.3) is 0 Å². The zero-order valence-electron chi connectivity index (χ0n) is 15.2. The van der Waals surface area contributed by atoms with E-state index in [1.165, 1.54) is 6.92 Å². The summed E-state index contributed by atoms with van der Waals surface area (Å²) in [5.74, 6) is 0.595. The monoisotopic (exact) mass is 351 g/mol. The average molecular weight is 352 g/mol. The fourth-order valence-corrected chi connectivity index (χ4v) is 3.92. The van der Waals surface area contributed by atoms with Crippen molar-refractivity contribution < 1.29 is 9.59 Å². The number of rotatable bonds is 6. The summed E-state index contributed by atoms with van der Waals surface area (Å²) in [7, 11) is 0. The van der Waals surface area contributed by atoms with Crippen LogP contribution in [-0.2, 0) is 16.0 Å². The predicted molar refractivity (Wildman–Crippen MR) is 97.1 cm³/mol. The second kappa shape index (κ2) is 8.10. The van der Waals surface area contributed by atoms with Crippen molar-refractivity contribution in [2.75, 3.05) is 19.6 Å². The fourth-order valence-electron chi connectivity index (χ4n) is 2.93. The first-order valence-electron chi connectivity index (χ1n) is 8.81. The van der Waals surface area contributed by atoms with Gasteiger partial charge >= 0.3 is 0 Å². The van der Waals surface area contributed by atoms with Crippen molar-refractivity contribution in [2.45, 2.75) is 59.3 Å². The Balaban J connectivity index is 1.96. The molecule has 2 amide bonds. The van der Waals surface area contributed by atoms with Crippen molar-refractivity contribution >= 4 is 23.2 Å². The van der Waals surface area contributed by atoms with E-state index in [9.17, 15) is 9.59 Å². The number of carbonyl (C=O) groups excluding carboxylic acids is 2. The lowest BCUT2D eigenvalue weighted by atomic mass is 9.87. The summed E-state index contributed by atoms with van der Waals surface area (Å²) in [6.07, 6.45) is 3.75.